The highest BCUT2D eigenvalue weighted by Gasteiger charge is 2.35. The van der Waals surface area contributed by atoms with Gasteiger partial charge in [0.2, 0.25) is 11.8 Å². The number of hydrogen-bond donors (Lipinski definition) is 3. The van der Waals surface area contributed by atoms with Crippen LogP contribution in [0.2, 0.25) is 0 Å². The average Bonchev–Trinajstić information content (AvgIpc) is 2.67. The largest absolute Gasteiger partial charge is 0.374 e. The fourth-order valence-electron chi connectivity index (χ4n) is 3.82. The van der Waals surface area contributed by atoms with E-state index in [4.69, 9.17) is 4.74 Å². The SMILES string of the molecule is CCC(C)(CNC(=O)C(C)(C)CCOC(C)(C)CNC(=O)C(C)C)CC(C)(C)CNC(C)(C)C. The van der Waals surface area contributed by atoms with Crippen LogP contribution in [0.25, 0.3) is 0 Å². The van der Waals surface area contributed by atoms with Crippen molar-refractivity contribution in [2.24, 2.45) is 22.2 Å². The van der Waals surface area contributed by atoms with Crippen LogP contribution in [0.1, 0.15) is 109 Å². The molecule has 0 aliphatic heterocycles. The number of carbonyl (C=O) groups is 2. The summed E-state index contributed by atoms with van der Waals surface area (Å²) >= 11 is 0. The third-order valence-electron chi connectivity index (χ3n) is 6.58. The van der Waals surface area contributed by atoms with Crippen molar-refractivity contribution < 1.29 is 14.3 Å². The monoisotopic (exact) mass is 483 g/mol. The summed E-state index contributed by atoms with van der Waals surface area (Å²) in [6, 6.07) is 0. The Morgan fingerprint density at radius 3 is 1.85 bits per heavy atom. The smallest absolute Gasteiger partial charge is 0.225 e. The van der Waals surface area contributed by atoms with Crippen molar-refractivity contribution in [2.45, 2.75) is 120 Å². The molecular weight excluding hydrogens is 426 g/mol. The zero-order chi connectivity index (χ0) is 27.0. The minimum Gasteiger partial charge on any atom is -0.374 e. The van der Waals surface area contributed by atoms with Crippen molar-refractivity contribution in [3.05, 3.63) is 0 Å². The summed E-state index contributed by atoms with van der Waals surface area (Å²) in [4.78, 5) is 24.9. The van der Waals surface area contributed by atoms with Gasteiger partial charge in [0.15, 0.2) is 0 Å². The van der Waals surface area contributed by atoms with Gasteiger partial charge in [-0.2, -0.15) is 0 Å². The van der Waals surface area contributed by atoms with Crippen LogP contribution in [0, 0.1) is 22.2 Å². The molecule has 0 rings (SSSR count). The Bertz CT molecular complexity index is 648. The fraction of sp³-hybridized carbons (Fsp3) is 0.929. The number of ether oxygens (including phenoxy) is 1. The molecule has 202 valence electrons. The molecule has 0 aliphatic carbocycles. The van der Waals surface area contributed by atoms with Crippen LogP contribution in [0.4, 0.5) is 0 Å². The Labute approximate surface area is 211 Å². The van der Waals surface area contributed by atoms with Gasteiger partial charge in [0.25, 0.3) is 0 Å². The second kappa shape index (κ2) is 12.7. The van der Waals surface area contributed by atoms with Crippen molar-refractivity contribution >= 4 is 11.8 Å². The van der Waals surface area contributed by atoms with E-state index in [1.165, 1.54) is 0 Å². The zero-order valence-corrected chi connectivity index (χ0v) is 24.8. The van der Waals surface area contributed by atoms with Gasteiger partial charge in [-0.05, 0) is 64.7 Å². The van der Waals surface area contributed by atoms with E-state index < -0.39 is 11.0 Å². The maximum absolute atomic E-state index is 13.1. The minimum atomic E-state index is -0.533. The highest BCUT2D eigenvalue weighted by molar-refractivity contribution is 5.81. The highest BCUT2D eigenvalue weighted by Crippen LogP contribution is 2.36. The average molecular weight is 484 g/mol. The Kier molecular flexibility index (Phi) is 12.3. The van der Waals surface area contributed by atoms with E-state index in [-0.39, 0.29) is 34.1 Å². The van der Waals surface area contributed by atoms with Crippen LogP contribution in [0.5, 0.6) is 0 Å². The van der Waals surface area contributed by atoms with Gasteiger partial charge in [-0.25, -0.2) is 0 Å². The summed E-state index contributed by atoms with van der Waals surface area (Å²) in [5, 5.41) is 9.79. The molecular formula is C28H57N3O3. The van der Waals surface area contributed by atoms with Gasteiger partial charge in [0.1, 0.15) is 0 Å². The number of rotatable bonds is 15. The van der Waals surface area contributed by atoms with Crippen molar-refractivity contribution in [1.82, 2.24) is 16.0 Å². The van der Waals surface area contributed by atoms with Crippen LogP contribution >= 0.6 is 0 Å². The van der Waals surface area contributed by atoms with E-state index in [0.29, 0.717) is 26.1 Å². The minimum absolute atomic E-state index is 0.0210. The van der Waals surface area contributed by atoms with Gasteiger partial charge in [-0.3, -0.25) is 9.59 Å². The second-order valence-electron chi connectivity index (χ2n) is 13.9. The molecule has 2 amide bonds. The summed E-state index contributed by atoms with van der Waals surface area (Å²) in [7, 11) is 0. The standard InChI is InChI=1S/C28H57N3O3/c1-14-28(13,17-25(7,8)18-31-24(4,5)6)20-30-23(33)26(9,10)15-16-34-27(11,12)19-29-22(32)21(2)3/h21,31H,14-20H2,1-13H3,(H,29,32)(H,30,33). The first-order chi connectivity index (χ1) is 15.1. The van der Waals surface area contributed by atoms with Crippen molar-refractivity contribution in [1.29, 1.82) is 0 Å². The van der Waals surface area contributed by atoms with Crippen molar-refractivity contribution in [2.75, 3.05) is 26.2 Å². The van der Waals surface area contributed by atoms with Crippen molar-refractivity contribution in [3.8, 4) is 0 Å². The van der Waals surface area contributed by atoms with Crippen LogP contribution in [0.15, 0.2) is 0 Å². The molecule has 0 fully saturated rings. The molecule has 0 aliphatic rings. The van der Waals surface area contributed by atoms with Crippen LogP contribution in [0.3, 0.4) is 0 Å². The van der Waals surface area contributed by atoms with Crippen LogP contribution in [-0.2, 0) is 14.3 Å². The predicted molar refractivity (Wildman–Crippen MR) is 144 cm³/mol. The quantitative estimate of drug-likeness (QED) is 0.295. The van der Waals surface area contributed by atoms with Crippen LogP contribution < -0.4 is 16.0 Å². The summed E-state index contributed by atoms with van der Waals surface area (Å²) < 4.78 is 6.03. The molecule has 0 aromatic rings. The molecule has 0 aromatic carbocycles. The third-order valence-corrected chi connectivity index (χ3v) is 6.58. The maximum Gasteiger partial charge on any atom is 0.225 e. The lowest BCUT2D eigenvalue weighted by Gasteiger charge is -2.39. The number of hydrogen-bond acceptors (Lipinski definition) is 4. The first-order valence-electron chi connectivity index (χ1n) is 13.1. The first kappa shape index (κ1) is 32.9. The third kappa shape index (κ3) is 13.7. The molecule has 34 heavy (non-hydrogen) atoms. The first-order valence-corrected chi connectivity index (χ1v) is 13.1. The lowest BCUT2D eigenvalue weighted by Crippen LogP contribution is -2.47. The molecule has 6 heteroatoms. The summed E-state index contributed by atoms with van der Waals surface area (Å²) in [5.74, 6) is 0.0348. The topological polar surface area (TPSA) is 79.5 Å². The molecule has 0 bridgehead atoms. The normalized spacial score (nSPS) is 15.2. The molecule has 0 radical (unpaired) electrons. The van der Waals surface area contributed by atoms with E-state index in [2.05, 4.69) is 64.4 Å². The Morgan fingerprint density at radius 1 is 0.824 bits per heavy atom. The van der Waals surface area contributed by atoms with Gasteiger partial charge < -0.3 is 20.7 Å². The van der Waals surface area contributed by atoms with Gasteiger partial charge in [-0.15, -0.1) is 0 Å². The Balaban J connectivity index is 4.77. The van der Waals surface area contributed by atoms with E-state index >= 15 is 0 Å². The molecule has 0 saturated carbocycles. The maximum atomic E-state index is 13.1. The van der Waals surface area contributed by atoms with Crippen LogP contribution in [-0.4, -0.2) is 49.2 Å². The number of carbonyl (C=O) groups excluding carboxylic acids is 2. The fourth-order valence-corrected chi connectivity index (χ4v) is 3.82. The number of nitrogens with one attached hydrogen (secondary N) is 3. The molecule has 1 unspecified atom stereocenters. The lowest BCUT2D eigenvalue weighted by atomic mass is 9.72. The van der Waals surface area contributed by atoms with Gasteiger partial charge >= 0.3 is 0 Å². The lowest BCUT2D eigenvalue weighted by molar-refractivity contribution is -0.132. The number of amides is 2. The highest BCUT2D eigenvalue weighted by atomic mass is 16.5. The summed E-state index contributed by atoms with van der Waals surface area (Å²) in [5.41, 5.74) is -0.765. The Morgan fingerprint density at radius 2 is 1.38 bits per heavy atom. The van der Waals surface area contributed by atoms with E-state index in [9.17, 15) is 9.59 Å². The molecule has 0 aromatic heterocycles. The molecule has 6 nitrogen and oxygen atoms in total. The molecule has 0 heterocycles. The molecule has 0 saturated heterocycles. The van der Waals surface area contributed by atoms with Gasteiger partial charge in [0, 0.05) is 43.1 Å². The van der Waals surface area contributed by atoms with Gasteiger partial charge in [-0.1, -0.05) is 55.4 Å². The van der Waals surface area contributed by atoms with E-state index in [1.807, 2.05) is 41.5 Å². The Hall–Kier alpha value is -1.14. The van der Waals surface area contributed by atoms with Crippen molar-refractivity contribution in [3.63, 3.8) is 0 Å². The summed E-state index contributed by atoms with van der Waals surface area (Å²) in [6.07, 6.45) is 2.65. The molecule has 1 atom stereocenters. The van der Waals surface area contributed by atoms with Gasteiger partial charge in [0.05, 0.1) is 5.60 Å². The predicted octanol–water partition coefficient (Wildman–Crippen LogP) is 5.31. The van der Waals surface area contributed by atoms with E-state index in [1.54, 1.807) is 0 Å². The zero-order valence-electron chi connectivity index (χ0n) is 24.8. The summed E-state index contributed by atoms with van der Waals surface area (Å²) in [6.45, 7) is 29.8. The molecule has 0 spiro atoms. The molecule has 3 N–H and O–H groups in total. The van der Waals surface area contributed by atoms with E-state index in [0.717, 1.165) is 19.4 Å². The second-order valence-corrected chi connectivity index (χ2v) is 13.9.